The van der Waals surface area contributed by atoms with Gasteiger partial charge in [0, 0.05) is 13.2 Å². The summed E-state index contributed by atoms with van der Waals surface area (Å²) in [6.07, 6.45) is 0. The van der Waals surface area contributed by atoms with E-state index in [1.54, 1.807) is 6.92 Å². The lowest BCUT2D eigenvalue weighted by atomic mass is 10.2. The molecule has 19 heavy (non-hydrogen) atoms. The highest BCUT2D eigenvalue weighted by molar-refractivity contribution is 7.89. The van der Waals surface area contributed by atoms with Crippen molar-refractivity contribution in [1.82, 2.24) is 4.72 Å². The van der Waals surface area contributed by atoms with Crippen LogP contribution in [0.2, 0.25) is 5.02 Å². The maximum Gasteiger partial charge on any atom is 0.335 e. The smallest absolute Gasteiger partial charge is 0.335 e. The first-order valence-corrected chi connectivity index (χ1v) is 7.35. The zero-order chi connectivity index (χ0) is 14.5. The molecule has 2 N–H and O–H groups in total. The Labute approximate surface area is 116 Å². The SMILES string of the molecule is CCOCCNS(=O)(=O)c1cc(C(=O)O)ccc1Cl. The molecular weight excluding hydrogens is 294 g/mol. The molecule has 0 fully saturated rings. The van der Waals surface area contributed by atoms with Crippen LogP contribution in [0.3, 0.4) is 0 Å². The van der Waals surface area contributed by atoms with E-state index < -0.39 is 16.0 Å². The molecule has 0 bridgehead atoms. The van der Waals surface area contributed by atoms with Crippen LogP contribution >= 0.6 is 11.6 Å². The number of benzene rings is 1. The number of carboxylic acid groups (broad SMARTS) is 1. The molecule has 106 valence electrons. The van der Waals surface area contributed by atoms with Gasteiger partial charge in [-0.3, -0.25) is 0 Å². The van der Waals surface area contributed by atoms with Crippen LogP contribution in [0.5, 0.6) is 0 Å². The Morgan fingerprint density at radius 3 is 2.74 bits per heavy atom. The van der Waals surface area contributed by atoms with Gasteiger partial charge in [-0.05, 0) is 25.1 Å². The molecule has 1 aromatic rings. The third-order valence-electron chi connectivity index (χ3n) is 2.21. The van der Waals surface area contributed by atoms with Gasteiger partial charge in [0.15, 0.2) is 0 Å². The summed E-state index contributed by atoms with van der Waals surface area (Å²) in [6, 6.07) is 3.50. The van der Waals surface area contributed by atoms with Gasteiger partial charge in [0.25, 0.3) is 0 Å². The number of nitrogens with one attached hydrogen (secondary N) is 1. The molecule has 0 unspecified atom stereocenters. The van der Waals surface area contributed by atoms with Gasteiger partial charge >= 0.3 is 5.97 Å². The van der Waals surface area contributed by atoms with E-state index in [1.165, 1.54) is 12.1 Å². The topological polar surface area (TPSA) is 92.7 Å². The number of carboxylic acids is 1. The standard InChI is InChI=1S/C11H14ClNO5S/c1-2-18-6-5-13-19(16,17)10-7-8(11(14)15)3-4-9(10)12/h3-4,7,13H,2,5-6H2,1H3,(H,14,15). The highest BCUT2D eigenvalue weighted by Crippen LogP contribution is 2.22. The number of ether oxygens (including phenoxy) is 1. The highest BCUT2D eigenvalue weighted by atomic mass is 35.5. The van der Waals surface area contributed by atoms with Gasteiger partial charge in [-0.2, -0.15) is 0 Å². The lowest BCUT2D eigenvalue weighted by Crippen LogP contribution is -2.28. The van der Waals surface area contributed by atoms with Crippen molar-refractivity contribution < 1.29 is 23.1 Å². The van der Waals surface area contributed by atoms with Gasteiger partial charge in [-0.1, -0.05) is 11.6 Å². The second kappa shape index (κ2) is 6.85. The number of aromatic carboxylic acids is 1. The van der Waals surface area contributed by atoms with Crippen LogP contribution in [0.1, 0.15) is 17.3 Å². The molecule has 0 atom stereocenters. The van der Waals surface area contributed by atoms with Gasteiger partial charge in [0.2, 0.25) is 10.0 Å². The molecule has 0 amide bonds. The first-order chi connectivity index (χ1) is 8.88. The third-order valence-corrected chi connectivity index (χ3v) is 4.15. The molecule has 0 radical (unpaired) electrons. The monoisotopic (exact) mass is 307 g/mol. The summed E-state index contributed by atoms with van der Waals surface area (Å²) in [6.45, 7) is 2.59. The molecule has 0 spiro atoms. The Balaban J connectivity index is 2.94. The van der Waals surface area contributed by atoms with E-state index in [2.05, 4.69) is 4.72 Å². The van der Waals surface area contributed by atoms with Crippen molar-refractivity contribution in [3.05, 3.63) is 28.8 Å². The van der Waals surface area contributed by atoms with E-state index in [1.807, 2.05) is 0 Å². The van der Waals surface area contributed by atoms with Crippen molar-refractivity contribution >= 4 is 27.6 Å². The van der Waals surface area contributed by atoms with E-state index in [0.717, 1.165) is 6.07 Å². The molecule has 1 aromatic carbocycles. The first kappa shape index (κ1) is 15.9. The molecular formula is C11H14ClNO5S. The van der Waals surface area contributed by atoms with Crippen molar-refractivity contribution in [1.29, 1.82) is 0 Å². The fourth-order valence-electron chi connectivity index (χ4n) is 1.31. The minimum absolute atomic E-state index is 0.0334. The van der Waals surface area contributed by atoms with Crippen molar-refractivity contribution in [2.75, 3.05) is 19.8 Å². The van der Waals surface area contributed by atoms with Gasteiger partial charge in [-0.25, -0.2) is 17.9 Å². The van der Waals surface area contributed by atoms with Crippen LogP contribution in [-0.4, -0.2) is 39.3 Å². The molecule has 0 aromatic heterocycles. The average molecular weight is 308 g/mol. The Morgan fingerprint density at radius 1 is 1.47 bits per heavy atom. The predicted octanol–water partition coefficient (Wildman–Crippen LogP) is 1.35. The number of hydrogen-bond acceptors (Lipinski definition) is 4. The van der Waals surface area contributed by atoms with Crippen molar-refractivity contribution in [2.45, 2.75) is 11.8 Å². The van der Waals surface area contributed by atoms with Gasteiger partial charge in [-0.15, -0.1) is 0 Å². The molecule has 0 saturated carbocycles. The van der Waals surface area contributed by atoms with Gasteiger partial charge in [0.1, 0.15) is 4.90 Å². The van der Waals surface area contributed by atoms with E-state index in [0.29, 0.717) is 6.61 Å². The molecule has 6 nitrogen and oxygen atoms in total. The number of carbonyl (C=O) groups is 1. The summed E-state index contributed by atoms with van der Waals surface area (Å²) >= 11 is 5.78. The predicted molar refractivity (Wildman–Crippen MR) is 70.1 cm³/mol. The summed E-state index contributed by atoms with van der Waals surface area (Å²) < 4.78 is 31.2. The van der Waals surface area contributed by atoms with Crippen LogP contribution in [0.4, 0.5) is 0 Å². The molecule has 0 heterocycles. The molecule has 0 aliphatic carbocycles. The Bertz CT molecular complexity index is 558. The summed E-state index contributed by atoms with van der Waals surface area (Å²) in [5, 5.41) is 8.80. The number of rotatable bonds is 7. The Kier molecular flexibility index (Phi) is 5.74. The number of sulfonamides is 1. The van der Waals surface area contributed by atoms with E-state index in [9.17, 15) is 13.2 Å². The minimum atomic E-state index is -3.85. The first-order valence-electron chi connectivity index (χ1n) is 5.48. The molecule has 0 saturated heterocycles. The molecule has 1 rings (SSSR count). The molecule has 0 aliphatic rings. The van der Waals surface area contributed by atoms with Crippen LogP contribution < -0.4 is 4.72 Å². The maximum absolute atomic E-state index is 11.9. The second-order valence-electron chi connectivity index (χ2n) is 3.55. The number of halogens is 1. The van der Waals surface area contributed by atoms with Crippen LogP contribution in [0.25, 0.3) is 0 Å². The van der Waals surface area contributed by atoms with E-state index in [-0.39, 0.29) is 28.6 Å². The highest BCUT2D eigenvalue weighted by Gasteiger charge is 2.19. The van der Waals surface area contributed by atoms with Gasteiger partial charge < -0.3 is 9.84 Å². The van der Waals surface area contributed by atoms with E-state index in [4.69, 9.17) is 21.4 Å². The minimum Gasteiger partial charge on any atom is -0.478 e. The maximum atomic E-state index is 11.9. The second-order valence-corrected chi connectivity index (χ2v) is 5.69. The zero-order valence-electron chi connectivity index (χ0n) is 10.2. The lowest BCUT2D eigenvalue weighted by Gasteiger charge is -2.09. The largest absolute Gasteiger partial charge is 0.478 e. The van der Waals surface area contributed by atoms with Crippen molar-refractivity contribution in [2.24, 2.45) is 0 Å². The third kappa shape index (κ3) is 4.46. The molecule has 8 heteroatoms. The Morgan fingerprint density at radius 2 is 2.16 bits per heavy atom. The summed E-state index contributed by atoms with van der Waals surface area (Å²) in [7, 11) is -3.85. The summed E-state index contributed by atoms with van der Waals surface area (Å²) in [4.78, 5) is 10.6. The van der Waals surface area contributed by atoms with Crippen LogP contribution in [0.15, 0.2) is 23.1 Å². The summed E-state index contributed by atoms with van der Waals surface area (Å²) in [5.41, 5.74) is -0.144. The molecule has 0 aliphatic heterocycles. The quantitative estimate of drug-likeness (QED) is 0.742. The normalized spacial score (nSPS) is 11.5. The summed E-state index contributed by atoms with van der Waals surface area (Å²) in [5.74, 6) is -1.22. The average Bonchev–Trinajstić information content (AvgIpc) is 2.34. The van der Waals surface area contributed by atoms with Crippen molar-refractivity contribution in [3.8, 4) is 0 Å². The van der Waals surface area contributed by atoms with Crippen molar-refractivity contribution in [3.63, 3.8) is 0 Å². The fourth-order valence-corrected chi connectivity index (χ4v) is 2.85. The number of hydrogen-bond donors (Lipinski definition) is 2. The Hall–Kier alpha value is -1.15. The zero-order valence-corrected chi connectivity index (χ0v) is 11.8. The van der Waals surface area contributed by atoms with Crippen LogP contribution in [0, 0.1) is 0 Å². The van der Waals surface area contributed by atoms with Gasteiger partial charge in [0.05, 0.1) is 17.2 Å². The lowest BCUT2D eigenvalue weighted by molar-refractivity contribution is 0.0696. The fraction of sp³-hybridized carbons (Fsp3) is 0.364. The van der Waals surface area contributed by atoms with E-state index >= 15 is 0 Å². The van der Waals surface area contributed by atoms with Crippen LogP contribution in [-0.2, 0) is 14.8 Å².